The second kappa shape index (κ2) is 10.1. The van der Waals surface area contributed by atoms with Gasteiger partial charge in [0.15, 0.2) is 0 Å². The summed E-state index contributed by atoms with van der Waals surface area (Å²) in [6, 6.07) is 20.8. The van der Waals surface area contributed by atoms with Gasteiger partial charge in [-0.1, -0.05) is 18.2 Å². The maximum atomic E-state index is 13.4. The van der Waals surface area contributed by atoms with Crippen molar-refractivity contribution in [1.29, 1.82) is 0 Å². The lowest BCUT2D eigenvalue weighted by Gasteiger charge is -2.37. The maximum absolute atomic E-state index is 13.4. The first-order valence-electron chi connectivity index (χ1n) is 10.9. The van der Waals surface area contributed by atoms with Gasteiger partial charge in [-0.2, -0.15) is 0 Å². The minimum Gasteiger partial charge on any atom is -0.497 e. The number of benzene rings is 3. The van der Waals surface area contributed by atoms with Gasteiger partial charge in [-0.3, -0.25) is 9.10 Å². The van der Waals surface area contributed by atoms with Gasteiger partial charge in [-0.15, -0.1) is 0 Å². The van der Waals surface area contributed by atoms with Gasteiger partial charge in [0.25, 0.3) is 10.0 Å². The van der Waals surface area contributed by atoms with Crippen molar-refractivity contribution in [3.63, 3.8) is 0 Å². The summed E-state index contributed by atoms with van der Waals surface area (Å²) in [4.78, 5) is 16.9. The number of methoxy groups -OCH3 is 1. The molecule has 0 radical (unpaired) electrons. The molecular formula is C25H26FN3O4S. The molecule has 0 N–H and O–H groups in total. The fraction of sp³-hybridized carbons (Fsp3) is 0.240. The molecule has 1 aliphatic heterocycles. The highest BCUT2D eigenvalue weighted by molar-refractivity contribution is 7.92. The van der Waals surface area contributed by atoms with Crippen LogP contribution in [0, 0.1) is 5.82 Å². The number of piperazine rings is 1. The van der Waals surface area contributed by atoms with Gasteiger partial charge in [-0.25, -0.2) is 12.8 Å². The van der Waals surface area contributed by atoms with Crippen LogP contribution in [0.4, 0.5) is 15.8 Å². The number of hydrogen-bond acceptors (Lipinski definition) is 5. The molecule has 34 heavy (non-hydrogen) atoms. The second-order valence-corrected chi connectivity index (χ2v) is 9.73. The molecule has 0 aliphatic carbocycles. The first-order chi connectivity index (χ1) is 16.4. The minimum absolute atomic E-state index is 0.0742. The maximum Gasteiger partial charge on any atom is 0.264 e. The summed E-state index contributed by atoms with van der Waals surface area (Å²) in [5, 5.41) is 0. The zero-order valence-electron chi connectivity index (χ0n) is 18.8. The summed E-state index contributed by atoms with van der Waals surface area (Å²) < 4.78 is 46.4. The Morgan fingerprint density at radius 1 is 0.912 bits per heavy atom. The third-order valence-corrected chi connectivity index (χ3v) is 7.58. The van der Waals surface area contributed by atoms with Gasteiger partial charge in [0.2, 0.25) is 5.91 Å². The van der Waals surface area contributed by atoms with E-state index < -0.39 is 15.8 Å². The number of halogens is 1. The Labute approximate surface area is 199 Å². The molecule has 3 aromatic rings. The minimum atomic E-state index is -4.07. The van der Waals surface area contributed by atoms with E-state index in [0.29, 0.717) is 31.9 Å². The lowest BCUT2D eigenvalue weighted by Crippen LogP contribution is -2.52. The van der Waals surface area contributed by atoms with Gasteiger partial charge >= 0.3 is 0 Å². The molecule has 0 unspecified atom stereocenters. The van der Waals surface area contributed by atoms with Crippen molar-refractivity contribution < 1.29 is 22.3 Å². The molecule has 4 rings (SSSR count). The number of amides is 1. The van der Waals surface area contributed by atoms with E-state index in [1.807, 2.05) is 24.3 Å². The number of hydrogen-bond donors (Lipinski definition) is 0. The number of carbonyl (C=O) groups excluding carboxylic acids is 1. The van der Waals surface area contributed by atoms with E-state index >= 15 is 0 Å². The normalized spacial score (nSPS) is 14.1. The lowest BCUT2D eigenvalue weighted by molar-refractivity contribution is -0.129. The van der Waals surface area contributed by atoms with Gasteiger partial charge in [0.05, 0.1) is 17.7 Å². The Morgan fingerprint density at radius 2 is 1.53 bits per heavy atom. The van der Waals surface area contributed by atoms with Gasteiger partial charge in [0.1, 0.15) is 18.1 Å². The summed E-state index contributed by atoms with van der Waals surface area (Å²) in [6.45, 7) is 1.88. The zero-order valence-corrected chi connectivity index (χ0v) is 19.6. The Balaban J connectivity index is 1.48. The fourth-order valence-corrected chi connectivity index (χ4v) is 5.29. The molecule has 1 heterocycles. The van der Waals surface area contributed by atoms with Crippen LogP contribution in [0.1, 0.15) is 0 Å². The average Bonchev–Trinajstić information content (AvgIpc) is 2.88. The molecule has 0 spiro atoms. The number of rotatable bonds is 7. The van der Waals surface area contributed by atoms with Crippen LogP contribution in [0.25, 0.3) is 0 Å². The molecule has 7 nitrogen and oxygen atoms in total. The summed E-state index contributed by atoms with van der Waals surface area (Å²) in [5.41, 5.74) is 1.41. The number of carbonyl (C=O) groups is 1. The number of para-hydroxylation sites is 1. The van der Waals surface area contributed by atoms with Crippen LogP contribution in [0.5, 0.6) is 5.75 Å². The molecule has 1 amide bonds. The molecule has 1 aliphatic rings. The van der Waals surface area contributed by atoms with Crippen molar-refractivity contribution in [2.24, 2.45) is 0 Å². The Bertz CT molecular complexity index is 1210. The number of nitrogens with zero attached hydrogens (tertiary/aromatic N) is 3. The largest absolute Gasteiger partial charge is 0.497 e. The van der Waals surface area contributed by atoms with Gasteiger partial charge in [-0.05, 0) is 60.7 Å². The van der Waals surface area contributed by atoms with E-state index in [2.05, 4.69) is 4.90 Å². The van der Waals surface area contributed by atoms with Crippen LogP contribution in [-0.4, -0.2) is 59.1 Å². The van der Waals surface area contributed by atoms with E-state index in [9.17, 15) is 17.6 Å². The zero-order chi connectivity index (χ0) is 24.1. The molecule has 178 valence electrons. The van der Waals surface area contributed by atoms with Crippen molar-refractivity contribution in [1.82, 2.24) is 4.90 Å². The summed E-state index contributed by atoms with van der Waals surface area (Å²) in [5.74, 6) is -0.0409. The highest BCUT2D eigenvalue weighted by Crippen LogP contribution is 2.25. The third-order valence-electron chi connectivity index (χ3n) is 5.79. The quantitative estimate of drug-likeness (QED) is 0.515. The highest BCUT2D eigenvalue weighted by atomic mass is 32.2. The van der Waals surface area contributed by atoms with Gasteiger partial charge < -0.3 is 14.5 Å². The van der Waals surface area contributed by atoms with Crippen LogP contribution >= 0.6 is 0 Å². The first kappa shape index (κ1) is 23.6. The molecule has 0 aromatic heterocycles. The van der Waals surface area contributed by atoms with E-state index in [-0.39, 0.29) is 17.3 Å². The molecule has 3 aromatic carbocycles. The number of ether oxygens (including phenoxy) is 1. The molecule has 0 saturated carbocycles. The number of anilines is 2. The second-order valence-electron chi connectivity index (χ2n) is 7.87. The molecular weight excluding hydrogens is 457 g/mol. The lowest BCUT2D eigenvalue weighted by atomic mass is 10.2. The van der Waals surface area contributed by atoms with Crippen molar-refractivity contribution in [2.75, 3.05) is 49.0 Å². The van der Waals surface area contributed by atoms with E-state index in [1.54, 1.807) is 42.3 Å². The number of sulfonamides is 1. The standard InChI is InChI=1S/C25H26FN3O4S/c1-33-23-11-9-21(10-12-23)27-15-17-28(18-16-27)25(30)19-29(22-5-3-2-4-6-22)34(31,32)24-13-7-20(26)8-14-24/h2-14H,15-19H2,1H3. The fourth-order valence-electron chi connectivity index (χ4n) is 3.87. The third kappa shape index (κ3) is 5.14. The Hall–Kier alpha value is -3.59. The first-order valence-corrected chi connectivity index (χ1v) is 12.3. The topological polar surface area (TPSA) is 70.2 Å². The predicted octanol–water partition coefficient (Wildman–Crippen LogP) is 3.38. The molecule has 9 heteroatoms. The van der Waals surface area contributed by atoms with Crippen molar-refractivity contribution in [3.8, 4) is 5.75 Å². The van der Waals surface area contributed by atoms with Gasteiger partial charge in [0, 0.05) is 31.9 Å². The van der Waals surface area contributed by atoms with Crippen molar-refractivity contribution in [3.05, 3.63) is 84.7 Å². The van der Waals surface area contributed by atoms with Crippen molar-refractivity contribution in [2.45, 2.75) is 4.90 Å². The van der Waals surface area contributed by atoms with Crippen LogP contribution in [0.2, 0.25) is 0 Å². The molecule has 1 saturated heterocycles. The summed E-state index contributed by atoms with van der Waals surface area (Å²) in [7, 11) is -2.45. The van der Waals surface area contributed by atoms with Crippen molar-refractivity contribution >= 4 is 27.3 Å². The predicted molar refractivity (Wildman–Crippen MR) is 129 cm³/mol. The Kier molecular flexibility index (Phi) is 7.02. The van der Waals surface area contributed by atoms with E-state index in [4.69, 9.17) is 4.74 Å². The molecule has 1 fully saturated rings. The van der Waals surface area contributed by atoms with Crippen LogP contribution in [-0.2, 0) is 14.8 Å². The smallest absolute Gasteiger partial charge is 0.264 e. The summed E-state index contributed by atoms with van der Waals surface area (Å²) in [6.07, 6.45) is 0. The SMILES string of the molecule is COc1ccc(N2CCN(C(=O)CN(c3ccccc3)S(=O)(=O)c3ccc(F)cc3)CC2)cc1. The monoisotopic (exact) mass is 483 g/mol. The van der Waals surface area contributed by atoms with E-state index in [1.165, 1.54) is 12.1 Å². The van der Waals surface area contributed by atoms with Crippen LogP contribution in [0.3, 0.4) is 0 Å². The molecule has 0 bridgehead atoms. The highest BCUT2D eigenvalue weighted by Gasteiger charge is 2.30. The van der Waals surface area contributed by atoms with E-state index in [0.717, 1.165) is 27.9 Å². The molecule has 0 atom stereocenters. The average molecular weight is 484 g/mol. The Morgan fingerprint density at radius 3 is 2.12 bits per heavy atom. The summed E-state index contributed by atoms with van der Waals surface area (Å²) >= 11 is 0. The van der Waals surface area contributed by atoms with Crippen LogP contribution in [0.15, 0.2) is 83.8 Å². The van der Waals surface area contributed by atoms with Crippen LogP contribution < -0.4 is 13.9 Å².